The normalized spacial score (nSPS) is 16.6. The molecule has 1 unspecified atom stereocenters. The average Bonchev–Trinajstić information content (AvgIpc) is 3.13. The predicted octanol–water partition coefficient (Wildman–Crippen LogP) is 2.90. The summed E-state index contributed by atoms with van der Waals surface area (Å²) < 4.78 is 0. The summed E-state index contributed by atoms with van der Waals surface area (Å²) in [4.78, 5) is 23.7. The maximum Gasteiger partial charge on any atom is 0.150 e. The van der Waals surface area contributed by atoms with Gasteiger partial charge in [0, 0.05) is 5.92 Å². The first-order valence-electron chi connectivity index (χ1n) is 6.26. The van der Waals surface area contributed by atoms with Gasteiger partial charge >= 0.3 is 0 Å². The van der Waals surface area contributed by atoms with Crippen molar-refractivity contribution in [1.82, 2.24) is 0 Å². The molecule has 1 atom stereocenters. The van der Waals surface area contributed by atoms with Crippen molar-refractivity contribution in [3.8, 4) is 0 Å². The molecule has 1 saturated carbocycles. The molecule has 0 saturated heterocycles. The van der Waals surface area contributed by atoms with E-state index >= 15 is 0 Å². The number of carbonyl (C=O) groups is 2. The Kier molecular flexibility index (Phi) is 3.41. The quantitative estimate of drug-likeness (QED) is 0.729. The Morgan fingerprint density at radius 3 is 2.24 bits per heavy atom. The van der Waals surface area contributed by atoms with Crippen molar-refractivity contribution < 1.29 is 9.59 Å². The fourth-order valence-corrected chi connectivity index (χ4v) is 2.15. The first kappa shape index (κ1) is 12.0. The van der Waals surface area contributed by atoms with Crippen LogP contribution >= 0.6 is 0 Å². The highest BCUT2D eigenvalue weighted by molar-refractivity contribution is 6.08. The van der Waals surface area contributed by atoms with Gasteiger partial charge in [0.05, 0.1) is 0 Å². The van der Waals surface area contributed by atoms with Gasteiger partial charge < -0.3 is 0 Å². The molecular formula is C15H18O2. The van der Waals surface area contributed by atoms with Crippen LogP contribution in [0.25, 0.3) is 0 Å². The van der Waals surface area contributed by atoms with Crippen LogP contribution in [0.5, 0.6) is 0 Å². The molecule has 1 aliphatic carbocycles. The van der Waals surface area contributed by atoms with Crippen LogP contribution in [-0.4, -0.2) is 11.6 Å². The lowest BCUT2D eigenvalue weighted by molar-refractivity contribution is -0.128. The fraction of sp³-hybridized carbons (Fsp3) is 0.467. The van der Waals surface area contributed by atoms with Crippen molar-refractivity contribution >= 4 is 11.6 Å². The summed E-state index contributed by atoms with van der Waals surface area (Å²) in [7, 11) is 0. The van der Waals surface area contributed by atoms with Gasteiger partial charge in [0.15, 0.2) is 5.78 Å². The number of aryl methyl sites for hydroxylation is 1. The van der Waals surface area contributed by atoms with Crippen LogP contribution in [0.2, 0.25) is 0 Å². The summed E-state index contributed by atoms with van der Waals surface area (Å²) in [6.45, 7) is 3.60. The van der Waals surface area contributed by atoms with E-state index in [1.54, 1.807) is 0 Å². The number of Topliss-reactive ketones (excluding diaryl/α,β-unsaturated/α-hetero) is 2. The third kappa shape index (κ3) is 2.63. The average molecular weight is 230 g/mol. The lowest BCUT2D eigenvalue weighted by atomic mass is 9.88. The van der Waals surface area contributed by atoms with Gasteiger partial charge in [-0.15, -0.1) is 0 Å². The fourth-order valence-electron chi connectivity index (χ4n) is 2.15. The molecule has 0 amide bonds. The van der Waals surface area contributed by atoms with E-state index in [9.17, 15) is 9.59 Å². The number of hydrogen-bond acceptors (Lipinski definition) is 2. The molecule has 17 heavy (non-hydrogen) atoms. The molecule has 0 spiro atoms. The Morgan fingerprint density at radius 2 is 1.82 bits per heavy atom. The molecule has 1 aliphatic rings. The van der Waals surface area contributed by atoms with Crippen LogP contribution in [0.4, 0.5) is 0 Å². The van der Waals surface area contributed by atoms with E-state index in [1.807, 2.05) is 24.3 Å². The van der Waals surface area contributed by atoms with Crippen LogP contribution < -0.4 is 0 Å². The molecule has 0 aromatic heterocycles. The molecular weight excluding hydrogens is 212 g/mol. The summed E-state index contributed by atoms with van der Waals surface area (Å²) in [5.41, 5.74) is 2.08. The third-order valence-corrected chi connectivity index (χ3v) is 3.39. The predicted molar refractivity (Wildman–Crippen MR) is 67.0 cm³/mol. The number of hydrogen-bond donors (Lipinski definition) is 0. The SMILES string of the molecule is CCc1ccc(C(C(C)=O)C(=O)C2CC2)cc1. The van der Waals surface area contributed by atoms with Gasteiger partial charge in [-0.3, -0.25) is 9.59 Å². The molecule has 2 nitrogen and oxygen atoms in total. The Bertz CT molecular complexity index is 427. The maximum absolute atomic E-state index is 12.1. The van der Waals surface area contributed by atoms with Crippen molar-refractivity contribution in [2.45, 2.75) is 39.0 Å². The minimum Gasteiger partial charge on any atom is -0.299 e. The summed E-state index contributed by atoms with van der Waals surface area (Å²) in [6.07, 6.45) is 2.88. The summed E-state index contributed by atoms with van der Waals surface area (Å²) in [5, 5.41) is 0. The first-order valence-corrected chi connectivity index (χ1v) is 6.26. The Morgan fingerprint density at radius 1 is 1.24 bits per heavy atom. The molecule has 2 heteroatoms. The number of rotatable bonds is 5. The van der Waals surface area contributed by atoms with Gasteiger partial charge in [0.25, 0.3) is 0 Å². The second-order valence-electron chi connectivity index (χ2n) is 4.82. The molecule has 2 rings (SSSR count). The van der Waals surface area contributed by atoms with Crippen molar-refractivity contribution in [1.29, 1.82) is 0 Å². The van der Waals surface area contributed by atoms with Gasteiger partial charge in [-0.1, -0.05) is 31.2 Å². The van der Waals surface area contributed by atoms with Crippen molar-refractivity contribution in [2.75, 3.05) is 0 Å². The van der Waals surface area contributed by atoms with E-state index in [0.717, 1.165) is 24.8 Å². The number of benzene rings is 1. The highest BCUT2D eigenvalue weighted by Gasteiger charge is 2.37. The highest BCUT2D eigenvalue weighted by atomic mass is 16.2. The highest BCUT2D eigenvalue weighted by Crippen LogP contribution is 2.36. The summed E-state index contributed by atoms with van der Waals surface area (Å²) >= 11 is 0. The van der Waals surface area contributed by atoms with E-state index in [-0.39, 0.29) is 17.5 Å². The largest absolute Gasteiger partial charge is 0.299 e. The van der Waals surface area contributed by atoms with Gasteiger partial charge in [0.1, 0.15) is 11.7 Å². The minimum atomic E-state index is -0.534. The van der Waals surface area contributed by atoms with E-state index < -0.39 is 5.92 Å². The molecule has 0 aliphatic heterocycles. The standard InChI is InChI=1S/C15H18O2/c1-3-11-4-6-12(7-5-11)14(10(2)16)15(17)13-8-9-13/h4-7,13-14H,3,8-9H2,1-2H3. The van der Waals surface area contributed by atoms with Crippen molar-refractivity contribution in [3.63, 3.8) is 0 Å². The van der Waals surface area contributed by atoms with Gasteiger partial charge in [-0.2, -0.15) is 0 Å². The van der Waals surface area contributed by atoms with Crippen LogP contribution in [0.3, 0.4) is 0 Å². The second-order valence-corrected chi connectivity index (χ2v) is 4.82. The second kappa shape index (κ2) is 4.82. The Balaban J connectivity index is 2.25. The summed E-state index contributed by atoms with van der Waals surface area (Å²) in [6, 6.07) is 7.85. The van der Waals surface area contributed by atoms with E-state index in [0.29, 0.717) is 0 Å². The van der Waals surface area contributed by atoms with Gasteiger partial charge in [-0.05, 0) is 37.3 Å². The zero-order valence-corrected chi connectivity index (χ0v) is 10.4. The number of carbonyl (C=O) groups excluding carboxylic acids is 2. The topological polar surface area (TPSA) is 34.1 Å². The molecule has 1 aromatic carbocycles. The molecule has 1 aromatic rings. The molecule has 1 fully saturated rings. The summed E-state index contributed by atoms with van der Waals surface area (Å²) in [5.74, 6) is -0.323. The third-order valence-electron chi connectivity index (χ3n) is 3.39. The lowest BCUT2D eigenvalue weighted by Gasteiger charge is -2.13. The maximum atomic E-state index is 12.1. The smallest absolute Gasteiger partial charge is 0.150 e. The van der Waals surface area contributed by atoms with Crippen LogP contribution in [0.1, 0.15) is 43.7 Å². The zero-order valence-electron chi connectivity index (χ0n) is 10.4. The van der Waals surface area contributed by atoms with E-state index in [2.05, 4.69) is 6.92 Å². The van der Waals surface area contributed by atoms with E-state index in [4.69, 9.17) is 0 Å². The minimum absolute atomic E-state index is 0.0360. The Labute approximate surface area is 102 Å². The zero-order chi connectivity index (χ0) is 12.4. The van der Waals surface area contributed by atoms with Crippen molar-refractivity contribution in [2.24, 2.45) is 5.92 Å². The van der Waals surface area contributed by atoms with E-state index in [1.165, 1.54) is 12.5 Å². The van der Waals surface area contributed by atoms with Gasteiger partial charge in [0.2, 0.25) is 0 Å². The lowest BCUT2D eigenvalue weighted by Crippen LogP contribution is -2.21. The van der Waals surface area contributed by atoms with Crippen molar-refractivity contribution in [3.05, 3.63) is 35.4 Å². The first-order chi connectivity index (χ1) is 8.13. The molecule has 0 bridgehead atoms. The molecule has 90 valence electrons. The Hall–Kier alpha value is -1.44. The number of ketones is 2. The van der Waals surface area contributed by atoms with Crippen LogP contribution in [0, 0.1) is 5.92 Å². The van der Waals surface area contributed by atoms with Gasteiger partial charge in [-0.25, -0.2) is 0 Å². The molecule has 0 N–H and O–H groups in total. The van der Waals surface area contributed by atoms with Crippen LogP contribution in [-0.2, 0) is 16.0 Å². The van der Waals surface area contributed by atoms with Crippen LogP contribution in [0.15, 0.2) is 24.3 Å². The molecule has 0 radical (unpaired) electrons. The monoisotopic (exact) mass is 230 g/mol. The molecule has 0 heterocycles.